The van der Waals surface area contributed by atoms with Gasteiger partial charge in [0, 0.05) is 5.56 Å². The monoisotopic (exact) mass is 398 g/mol. The number of ether oxygens (including phenoxy) is 1. The van der Waals surface area contributed by atoms with E-state index in [-0.39, 0.29) is 5.04 Å². The Morgan fingerprint density at radius 2 is 1.70 bits per heavy atom. The van der Waals surface area contributed by atoms with E-state index in [1.807, 2.05) is 33.9 Å². The van der Waals surface area contributed by atoms with Crippen molar-refractivity contribution in [3.05, 3.63) is 47.0 Å². The Morgan fingerprint density at radius 1 is 1.15 bits per heavy atom. The molecule has 0 atom stereocenters. The van der Waals surface area contributed by atoms with Gasteiger partial charge < -0.3 is 9.16 Å². The number of benzene rings is 1. The molecular formula is C20H25F3O3Si. The number of carbonyl (C=O) groups is 1. The molecule has 0 saturated carbocycles. The van der Waals surface area contributed by atoms with Crippen LogP contribution in [0.25, 0.3) is 0 Å². The standard InChI is InChI=1S/C20H25F3O3Si/c1-19(2,3)27(5,6)26-14-17(20(21,22)23)9-7-8-15-10-12-16(13-11-15)18(24)25-4/h9-13H,14H2,1-6H3/b17-9+. The minimum Gasteiger partial charge on any atom is -0.465 e. The van der Waals surface area contributed by atoms with Crippen molar-refractivity contribution in [3.63, 3.8) is 0 Å². The summed E-state index contributed by atoms with van der Waals surface area (Å²) < 4.78 is 50.0. The van der Waals surface area contributed by atoms with Gasteiger partial charge in [0.25, 0.3) is 0 Å². The molecule has 0 N–H and O–H groups in total. The summed E-state index contributed by atoms with van der Waals surface area (Å²) in [5.74, 6) is 4.58. The number of allylic oxidation sites excluding steroid dienone is 1. The fourth-order valence-corrected chi connectivity index (χ4v) is 2.64. The van der Waals surface area contributed by atoms with Crippen LogP contribution in [0.3, 0.4) is 0 Å². The topological polar surface area (TPSA) is 35.5 Å². The largest absolute Gasteiger partial charge is 0.465 e. The van der Waals surface area contributed by atoms with Crippen molar-refractivity contribution in [1.82, 2.24) is 0 Å². The molecule has 0 spiro atoms. The molecule has 148 valence electrons. The minimum absolute atomic E-state index is 0.184. The zero-order valence-corrected chi connectivity index (χ0v) is 17.5. The smallest absolute Gasteiger partial charge is 0.415 e. The van der Waals surface area contributed by atoms with E-state index in [0.717, 1.165) is 6.08 Å². The number of methoxy groups -OCH3 is 1. The molecule has 3 nitrogen and oxygen atoms in total. The maximum atomic E-state index is 13.2. The Kier molecular flexibility index (Phi) is 7.46. The molecule has 0 saturated heterocycles. The van der Waals surface area contributed by atoms with Gasteiger partial charge in [-0.15, -0.1) is 0 Å². The third kappa shape index (κ3) is 6.89. The van der Waals surface area contributed by atoms with Crippen molar-refractivity contribution < 1.29 is 27.1 Å². The summed E-state index contributed by atoms with van der Waals surface area (Å²) in [4.78, 5) is 11.4. The average molecular weight is 398 g/mol. The highest BCUT2D eigenvalue weighted by atomic mass is 28.4. The van der Waals surface area contributed by atoms with E-state index in [9.17, 15) is 18.0 Å². The van der Waals surface area contributed by atoms with Gasteiger partial charge in [-0.25, -0.2) is 4.79 Å². The van der Waals surface area contributed by atoms with Crippen molar-refractivity contribution in [1.29, 1.82) is 0 Å². The van der Waals surface area contributed by atoms with Gasteiger partial charge in [0.1, 0.15) is 0 Å². The minimum atomic E-state index is -4.51. The molecule has 1 rings (SSSR count). The molecule has 0 bridgehead atoms. The first-order valence-corrected chi connectivity index (χ1v) is 11.3. The van der Waals surface area contributed by atoms with Gasteiger partial charge in [0.05, 0.1) is 24.9 Å². The number of rotatable bonds is 4. The second-order valence-electron chi connectivity index (χ2n) is 7.55. The van der Waals surface area contributed by atoms with E-state index >= 15 is 0 Å². The van der Waals surface area contributed by atoms with Crippen LogP contribution < -0.4 is 0 Å². The van der Waals surface area contributed by atoms with Crippen LogP contribution in [0.4, 0.5) is 13.2 Å². The third-order valence-electron chi connectivity index (χ3n) is 4.53. The van der Waals surface area contributed by atoms with E-state index in [1.54, 1.807) is 12.1 Å². The van der Waals surface area contributed by atoms with Crippen LogP contribution in [-0.4, -0.2) is 34.2 Å². The molecule has 0 aliphatic heterocycles. The lowest BCUT2D eigenvalue weighted by atomic mass is 10.1. The Hall–Kier alpha value is -2.04. The summed E-state index contributed by atoms with van der Waals surface area (Å²) in [6.07, 6.45) is -3.66. The first kappa shape index (κ1) is 23.0. The maximum absolute atomic E-state index is 13.2. The van der Waals surface area contributed by atoms with Crippen molar-refractivity contribution in [3.8, 4) is 11.8 Å². The molecule has 0 fully saturated rings. The number of carbonyl (C=O) groups excluding carboxylic acids is 1. The predicted octanol–water partition coefficient (Wildman–Crippen LogP) is 5.34. The van der Waals surface area contributed by atoms with Gasteiger partial charge in [0.15, 0.2) is 8.32 Å². The Bertz CT molecular complexity index is 746. The lowest BCUT2D eigenvalue weighted by Gasteiger charge is -2.36. The van der Waals surface area contributed by atoms with Crippen LogP contribution in [-0.2, 0) is 9.16 Å². The normalized spacial score (nSPS) is 13.0. The molecule has 7 heteroatoms. The second kappa shape index (κ2) is 8.76. The first-order valence-electron chi connectivity index (χ1n) is 8.38. The molecule has 1 aromatic rings. The van der Waals surface area contributed by atoms with E-state index in [1.165, 1.54) is 19.2 Å². The Balaban J connectivity index is 2.96. The fraction of sp³-hybridized carbons (Fsp3) is 0.450. The van der Waals surface area contributed by atoms with Crippen LogP contribution in [0.2, 0.25) is 18.1 Å². The van der Waals surface area contributed by atoms with E-state index in [4.69, 9.17) is 4.43 Å². The lowest BCUT2D eigenvalue weighted by molar-refractivity contribution is -0.0969. The van der Waals surface area contributed by atoms with Gasteiger partial charge in [-0.3, -0.25) is 0 Å². The zero-order chi connectivity index (χ0) is 20.9. The summed E-state index contributed by atoms with van der Waals surface area (Å²) >= 11 is 0. The molecule has 27 heavy (non-hydrogen) atoms. The molecule has 0 radical (unpaired) electrons. The Morgan fingerprint density at radius 3 is 2.15 bits per heavy atom. The number of halogens is 3. The maximum Gasteiger partial charge on any atom is 0.415 e. The van der Waals surface area contributed by atoms with Crippen LogP contribution in [0, 0.1) is 11.8 Å². The van der Waals surface area contributed by atoms with E-state index < -0.39 is 32.6 Å². The second-order valence-corrected chi connectivity index (χ2v) is 12.4. The average Bonchev–Trinajstić information content (AvgIpc) is 2.55. The fourth-order valence-electron chi connectivity index (χ4n) is 1.69. The number of esters is 1. The molecule has 0 aliphatic rings. The highest BCUT2D eigenvalue weighted by Crippen LogP contribution is 2.37. The highest BCUT2D eigenvalue weighted by molar-refractivity contribution is 6.74. The summed E-state index contributed by atoms with van der Waals surface area (Å²) in [6, 6.07) is 6.11. The molecule has 0 unspecified atom stereocenters. The van der Waals surface area contributed by atoms with Gasteiger partial charge in [-0.1, -0.05) is 32.6 Å². The van der Waals surface area contributed by atoms with Gasteiger partial charge >= 0.3 is 12.1 Å². The lowest BCUT2D eigenvalue weighted by Crippen LogP contribution is -2.41. The van der Waals surface area contributed by atoms with Crippen molar-refractivity contribution >= 4 is 14.3 Å². The quantitative estimate of drug-likeness (QED) is 0.390. The Labute approximate surface area is 159 Å². The van der Waals surface area contributed by atoms with Gasteiger partial charge in [0.2, 0.25) is 0 Å². The number of alkyl halides is 3. The van der Waals surface area contributed by atoms with E-state index in [0.29, 0.717) is 11.1 Å². The van der Waals surface area contributed by atoms with Crippen LogP contribution in [0.5, 0.6) is 0 Å². The molecule has 0 aliphatic carbocycles. The van der Waals surface area contributed by atoms with Crippen LogP contribution >= 0.6 is 0 Å². The molecule has 1 aromatic carbocycles. The number of hydrogen-bond donors (Lipinski definition) is 0. The van der Waals surface area contributed by atoms with Gasteiger partial charge in [-0.05, 0) is 48.5 Å². The summed E-state index contributed by atoms with van der Waals surface area (Å²) in [6.45, 7) is 9.18. The summed E-state index contributed by atoms with van der Waals surface area (Å²) in [7, 11) is -1.03. The summed E-state index contributed by atoms with van der Waals surface area (Å²) in [5, 5.41) is -0.184. The number of hydrogen-bond acceptors (Lipinski definition) is 3. The predicted molar refractivity (Wildman–Crippen MR) is 102 cm³/mol. The van der Waals surface area contributed by atoms with Crippen LogP contribution in [0.1, 0.15) is 36.7 Å². The zero-order valence-electron chi connectivity index (χ0n) is 16.5. The first-order chi connectivity index (χ1) is 12.3. The van der Waals surface area contributed by atoms with Crippen molar-refractivity contribution in [2.75, 3.05) is 13.7 Å². The molecule has 0 heterocycles. The van der Waals surface area contributed by atoms with Crippen molar-refractivity contribution in [2.45, 2.75) is 45.1 Å². The molecule has 0 aromatic heterocycles. The third-order valence-corrected chi connectivity index (χ3v) is 9.01. The SMILES string of the molecule is COC(=O)c1ccc(C#C/C=C(\CO[Si](C)(C)C(C)(C)C)C(F)(F)F)cc1. The van der Waals surface area contributed by atoms with Crippen molar-refractivity contribution in [2.24, 2.45) is 0 Å². The van der Waals surface area contributed by atoms with Gasteiger partial charge in [-0.2, -0.15) is 13.2 Å². The van der Waals surface area contributed by atoms with Crippen LogP contribution in [0.15, 0.2) is 35.9 Å². The summed E-state index contributed by atoms with van der Waals surface area (Å²) in [5.41, 5.74) is 0.0223. The molecule has 0 amide bonds. The molecular weight excluding hydrogens is 373 g/mol. The van der Waals surface area contributed by atoms with E-state index in [2.05, 4.69) is 16.6 Å². The highest BCUT2D eigenvalue weighted by Gasteiger charge is 2.40.